The molecule has 28 heavy (non-hydrogen) atoms. The molecule has 146 valence electrons. The summed E-state index contributed by atoms with van der Waals surface area (Å²) in [5, 5.41) is 3.69. The number of carbonyl (C=O) groups excluding carboxylic acids is 1. The maximum Gasteiger partial charge on any atom is 0.336 e. The van der Waals surface area contributed by atoms with Gasteiger partial charge in [-0.1, -0.05) is 30.3 Å². The Morgan fingerprint density at radius 2 is 1.89 bits per heavy atom. The first-order valence-corrected chi connectivity index (χ1v) is 9.43. The largest absolute Gasteiger partial charge is 0.483 e. The Kier molecular flexibility index (Phi) is 6.14. The first kappa shape index (κ1) is 19.7. The maximum atomic E-state index is 12.3. The van der Waals surface area contributed by atoms with Crippen molar-refractivity contribution in [3.8, 4) is 5.75 Å². The molecule has 5 nitrogen and oxygen atoms in total. The zero-order chi connectivity index (χ0) is 20.1. The van der Waals surface area contributed by atoms with Gasteiger partial charge in [-0.15, -0.1) is 0 Å². The second-order valence-electron chi connectivity index (χ2n) is 7.17. The summed E-state index contributed by atoms with van der Waals surface area (Å²) in [7, 11) is 0. The van der Waals surface area contributed by atoms with E-state index in [0.717, 1.165) is 29.4 Å². The topological polar surface area (TPSA) is 68.5 Å². The minimum Gasteiger partial charge on any atom is -0.483 e. The molecule has 0 aliphatic heterocycles. The molecule has 0 bridgehead atoms. The van der Waals surface area contributed by atoms with Crippen LogP contribution in [-0.2, 0) is 11.2 Å². The second-order valence-corrected chi connectivity index (χ2v) is 7.17. The monoisotopic (exact) mass is 379 g/mol. The van der Waals surface area contributed by atoms with Crippen molar-refractivity contribution in [1.82, 2.24) is 5.32 Å². The van der Waals surface area contributed by atoms with Crippen LogP contribution in [0.25, 0.3) is 11.0 Å². The fraction of sp³-hybridized carbons (Fsp3) is 0.304. The highest BCUT2D eigenvalue weighted by Gasteiger charge is 2.13. The Labute approximate surface area is 164 Å². The first-order valence-electron chi connectivity index (χ1n) is 9.43. The molecule has 1 aromatic heterocycles. The lowest BCUT2D eigenvalue weighted by molar-refractivity contribution is -0.123. The third-order valence-corrected chi connectivity index (χ3v) is 4.62. The summed E-state index contributed by atoms with van der Waals surface area (Å²) in [6.45, 7) is 5.61. The summed E-state index contributed by atoms with van der Waals surface area (Å²) in [6.07, 6.45) is 1.76. The molecular formula is C23H25NO4. The van der Waals surface area contributed by atoms with Crippen LogP contribution in [0.4, 0.5) is 0 Å². The van der Waals surface area contributed by atoms with Gasteiger partial charge in [-0.2, -0.15) is 0 Å². The Balaban J connectivity index is 1.60. The number of benzene rings is 2. The number of fused-ring (bicyclic) bond motifs is 1. The van der Waals surface area contributed by atoms with Gasteiger partial charge in [0.2, 0.25) is 0 Å². The maximum absolute atomic E-state index is 12.3. The quantitative estimate of drug-likeness (QED) is 0.632. The van der Waals surface area contributed by atoms with Gasteiger partial charge in [0.1, 0.15) is 11.3 Å². The minimum absolute atomic E-state index is 0.0466. The SMILES string of the molecule is Cc1cc(OCC(=O)N[C@H](C)CCc2ccccc2)c2c(C)cc(=O)oc2c1. The van der Waals surface area contributed by atoms with Crippen LogP contribution in [0, 0.1) is 13.8 Å². The van der Waals surface area contributed by atoms with Crippen LogP contribution < -0.4 is 15.7 Å². The van der Waals surface area contributed by atoms with Gasteiger partial charge in [-0.3, -0.25) is 4.79 Å². The number of carbonyl (C=O) groups is 1. The zero-order valence-corrected chi connectivity index (χ0v) is 16.5. The van der Waals surface area contributed by atoms with Crippen LogP contribution in [0.3, 0.4) is 0 Å². The van der Waals surface area contributed by atoms with Crippen molar-refractivity contribution in [2.75, 3.05) is 6.61 Å². The summed E-state index contributed by atoms with van der Waals surface area (Å²) >= 11 is 0. The molecule has 0 aliphatic carbocycles. The van der Waals surface area contributed by atoms with Gasteiger partial charge >= 0.3 is 5.63 Å². The molecule has 3 rings (SSSR count). The summed E-state index contributed by atoms with van der Waals surface area (Å²) in [6, 6.07) is 15.3. The fourth-order valence-electron chi connectivity index (χ4n) is 3.25. The fourth-order valence-corrected chi connectivity index (χ4v) is 3.25. The molecule has 3 aromatic rings. The Hall–Kier alpha value is -3.08. The van der Waals surface area contributed by atoms with E-state index >= 15 is 0 Å². The van der Waals surface area contributed by atoms with Gasteiger partial charge in [-0.05, 0) is 62.4 Å². The standard InChI is InChI=1S/C23H25NO4/c1-15-11-19(23-16(2)13-22(26)28-20(23)12-15)27-14-21(25)24-17(3)9-10-18-7-5-4-6-8-18/h4-8,11-13,17H,9-10,14H2,1-3H3,(H,24,25)/t17-/m1/s1. The number of amides is 1. The van der Waals surface area contributed by atoms with Crippen LogP contribution >= 0.6 is 0 Å². The molecule has 5 heteroatoms. The van der Waals surface area contributed by atoms with E-state index in [1.807, 2.05) is 45.0 Å². The second kappa shape index (κ2) is 8.74. The first-order chi connectivity index (χ1) is 13.4. The number of nitrogens with one attached hydrogen (secondary N) is 1. The molecule has 2 aromatic carbocycles. The average molecular weight is 379 g/mol. The van der Waals surface area contributed by atoms with E-state index in [9.17, 15) is 9.59 Å². The molecule has 0 radical (unpaired) electrons. The Morgan fingerprint density at radius 3 is 2.64 bits per heavy atom. The summed E-state index contributed by atoms with van der Waals surface area (Å²) < 4.78 is 11.0. The molecule has 0 spiro atoms. The van der Waals surface area contributed by atoms with E-state index in [1.165, 1.54) is 11.6 Å². The highest BCUT2D eigenvalue weighted by atomic mass is 16.5. The number of aryl methyl sites for hydroxylation is 3. The van der Waals surface area contributed by atoms with Gasteiger partial charge in [-0.25, -0.2) is 4.79 Å². The molecule has 0 fully saturated rings. The molecule has 1 amide bonds. The van der Waals surface area contributed by atoms with Crippen molar-refractivity contribution in [3.05, 3.63) is 75.6 Å². The van der Waals surface area contributed by atoms with Crippen molar-refractivity contribution in [2.24, 2.45) is 0 Å². The third-order valence-electron chi connectivity index (χ3n) is 4.62. The van der Waals surface area contributed by atoms with E-state index in [4.69, 9.17) is 9.15 Å². The van der Waals surface area contributed by atoms with Crippen molar-refractivity contribution in [3.63, 3.8) is 0 Å². The predicted molar refractivity (Wildman–Crippen MR) is 110 cm³/mol. The van der Waals surface area contributed by atoms with Gasteiger partial charge in [0.05, 0.1) is 5.39 Å². The van der Waals surface area contributed by atoms with Crippen molar-refractivity contribution < 1.29 is 13.9 Å². The zero-order valence-electron chi connectivity index (χ0n) is 16.5. The van der Waals surface area contributed by atoms with Crippen molar-refractivity contribution in [1.29, 1.82) is 0 Å². The number of ether oxygens (including phenoxy) is 1. The highest BCUT2D eigenvalue weighted by molar-refractivity contribution is 5.88. The molecule has 1 atom stereocenters. The third kappa shape index (κ3) is 5.00. The van der Waals surface area contributed by atoms with Gasteiger partial charge in [0.15, 0.2) is 6.61 Å². The molecule has 0 aliphatic rings. The van der Waals surface area contributed by atoms with Gasteiger partial charge in [0, 0.05) is 12.1 Å². The molecule has 0 saturated carbocycles. The molecule has 0 unspecified atom stereocenters. The lowest BCUT2D eigenvalue weighted by atomic mass is 10.1. The van der Waals surface area contributed by atoms with Crippen LogP contribution in [0.1, 0.15) is 30.0 Å². The highest BCUT2D eigenvalue weighted by Crippen LogP contribution is 2.29. The van der Waals surface area contributed by atoms with Gasteiger partial charge in [0.25, 0.3) is 5.91 Å². The summed E-state index contributed by atoms with van der Waals surface area (Å²) in [5.74, 6) is 0.369. The Morgan fingerprint density at radius 1 is 1.14 bits per heavy atom. The van der Waals surface area contributed by atoms with E-state index in [-0.39, 0.29) is 18.6 Å². The lowest BCUT2D eigenvalue weighted by Crippen LogP contribution is -2.36. The molecule has 1 heterocycles. The summed E-state index contributed by atoms with van der Waals surface area (Å²) in [5.41, 5.74) is 2.98. The predicted octanol–water partition coefficient (Wildman–Crippen LogP) is 3.93. The normalized spacial score (nSPS) is 12.0. The summed E-state index contributed by atoms with van der Waals surface area (Å²) in [4.78, 5) is 23.9. The lowest BCUT2D eigenvalue weighted by Gasteiger charge is -2.15. The number of hydrogen-bond acceptors (Lipinski definition) is 4. The molecule has 0 saturated heterocycles. The van der Waals surface area contributed by atoms with E-state index in [0.29, 0.717) is 11.3 Å². The van der Waals surface area contributed by atoms with Crippen LogP contribution in [0.5, 0.6) is 5.75 Å². The van der Waals surface area contributed by atoms with Crippen LogP contribution in [0.2, 0.25) is 0 Å². The van der Waals surface area contributed by atoms with E-state index < -0.39 is 5.63 Å². The Bertz CT molecular complexity index is 1020. The van der Waals surface area contributed by atoms with Crippen LogP contribution in [-0.4, -0.2) is 18.6 Å². The van der Waals surface area contributed by atoms with Crippen molar-refractivity contribution >= 4 is 16.9 Å². The molecule has 1 N–H and O–H groups in total. The van der Waals surface area contributed by atoms with E-state index in [1.54, 1.807) is 6.07 Å². The smallest absolute Gasteiger partial charge is 0.336 e. The molecular weight excluding hydrogens is 354 g/mol. The number of rotatable bonds is 7. The van der Waals surface area contributed by atoms with E-state index in [2.05, 4.69) is 17.4 Å². The average Bonchev–Trinajstić information content (AvgIpc) is 2.64. The van der Waals surface area contributed by atoms with Gasteiger partial charge < -0.3 is 14.5 Å². The van der Waals surface area contributed by atoms with Crippen molar-refractivity contribution in [2.45, 2.75) is 39.7 Å². The van der Waals surface area contributed by atoms with Crippen LogP contribution in [0.15, 0.2) is 57.7 Å². The number of hydrogen-bond donors (Lipinski definition) is 1. The minimum atomic E-state index is -0.397.